The largest absolute Gasteiger partial charge is 0.309 e. The zero-order chi connectivity index (χ0) is 20.4. The number of rotatable bonds is 6. The number of fused-ring (bicyclic) bond motifs is 2. The van der Waals surface area contributed by atoms with E-state index in [-0.39, 0.29) is 5.91 Å². The van der Waals surface area contributed by atoms with Gasteiger partial charge in [0.2, 0.25) is 0 Å². The van der Waals surface area contributed by atoms with Gasteiger partial charge in [-0.25, -0.2) is 9.97 Å². The lowest BCUT2D eigenvalue weighted by atomic mass is 10.2. The minimum atomic E-state index is -0.180. The summed E-state index contributed by atoms with van der Waals surface area (Å²) in [5, 5.41) is 0.678. The molecule has 0 aliphatic heterocycles. The molecule has 0 spiro atoms. The zero-order valence-electron chi connectivity index (χ0n) is 16.2. The Kier molecular flexibility index (Phi) is 5.84. The molecule has 0 aliphatic carbocycles. The SMILES string of the molecule is CN(C)CCCN(C(=O)c1cnc2ccccc2n1)c1nc2ccc(Br)cc2s1. The van der Waals surface area contributed by atoms with E-state index in [0.29, 0.717) is 22.9 Å². The monoisotopic (exact) mass is 469 g/mol. The number of para-hydroxylation sites is 2. The first-order valence-electron chi connectivity index (χ1n) is 9.26. The van der Waals surface area contributed by atoms with Gasteiger partial charge in [0.15, 0.2) is 5.13 Å². The van der Waals surface area contributed by atoms with Crippen LogP contribution in [0.2, 0.25) is 0 Å². The summed E-state index contributed by atoms with van der Waals surface area (Å²) >= 11 is 5.01. The van der Waals surface area contributed by atoms with Crippen molar-refractivity contribution < 1.29 is 4.79 Å². The summed E-state index contributed by atoms with van der Waals surface area (Å²) in [7, 11) is 4.05. The van der Waals surface area contributed by atoms with Gasteiger partial charge in [-0.3, -0.25) is 14.7 Å². The number of anilines is 1. The lowest BCUT2D eigenvalue weighted by molar-refractivity contribution is 0.0981. The number of carbonyl (C=O) groups excluding carboxylic acids is 1. The third-order valence-electron chi connectivity index (χ3n) is 4.47. The molecule has 6 nitrogen and oxygen atoms in total. The molecule has 0 radical (unpaired) electrons. The number of nitrogens with zero attached hydrogens (tertiary/aromatic N) is 5. The van der Waals surface area contributed by atoms with Crippen LogP contribution in [0.1, 0.15) is 16.9 Å². The number of amides is 1. The van der Waals surface area contributed by atoms with Gasteiger partial charge in [-0.2, -0.15) is 0 Å². The average molecular weight is 470 g/mol. The van der Waals surface area contributed by atoms with Crippen LogP contribution in [-0.2, 0) is 0 Å². The van der Waals surface area contributed by atoms with Crippen molar-refractivity contribution in [3.8, 4) is 0 Å². The van der Waals surface area contributed by atoms with E-state index in [1.165, 1.54) is 11.3 Å². The van der Waals surface area contributed by atoms with E-state index in [1.54, 1.807) is 11.1 Å². The highest BCUT2D eigenvalue weighted by Gasteiger charge is 2.23. The van der Waals surface area contributed by atoms with Gasteiger partial charge >= 0.3 is 0 Å². The van der Waals surface area contributed by atoms with Crippen molar-refractivity contribution in [2.24, 2.45) is 0 Å². The van der Waals surface area contributed by atoms with Crippen LogP contribution < -0.4 is 4.90 Å². The molecule has 29 heavy (non-hydrogen) atoms. The number of aromatic nitrogens is 3. The third-order valence-corrected chi connectivity index (χ3v) is 6.00. The van der Waals surface area contributed by atoms with Gasteiger partial charge < -0.3 is 4.90 Å². The molecule has 2 aromatic carbocycles. The molecule has 0 N–H and O–H groups in total. The van der Waals surface area contributed by atoms with Gasteiger partial charge in [0.25, 0.3) is 5.91 Å². The topological polar surface area (TPSA) is 62.2 Å². The Bertz CT molecular complexity index is 1180. The lowest BCUT2D eigenvalue weighted by Crippen LogP contribution is -2.34. The van der Waals surface area contributed by atoms with Gasteiger partial charge in [0.05, 0.1) is 27.4 Å². The smallest absolute Gasteiger partial charge is 0.280 e. The standard InChI is InChI=1S/C21H20BrN5OS/c1-26(2)10-5-11-27(21-25-17-9-8-14(22)12-19(17)29-21)20(28)18-13-23-15-6-3-4-7-16(15)24-18/h3-4,6-9,12-13H,5,10-11H2,1-2H3. The lowest BCUT2D eigenvalue weighted by Gasteiger charge is -2.20. The van der Waals surface area contributed by atoms with Gasteiger partial charge in [0, 0.05) is 11.0 Å². The second-order valence-electron chi connectivity index (χ2n) is 6.97. The Balaban J connectivity index is 1.70. The average Bonchev–Trinajstić information content (AvgIpc) is 3.13. The summed E-state index contributed by atoms with van der Waals surface area (Å²) in [6.07, 6.45) is 2.38. The maximum atomic E-state index is 13.4. The molecule has 0 fully saturated rings. The van der Waals surface area contributed by atoms with Gasteiger partial charge in [-0.15, -0.1) is 0 Å². The number of carbonyl (C=O) groups is 1. The van der Waals surface area contributed by atoms with Crippen molar-refractivity contribution in [3.63, 3.8) is 0 Å². The van der Waals surface area contributed by atoms with Gasteiger partial charge in [-0.05, 0) is 57.4 Å². The van der Waals surface area contributed by atoms with Crippen LogP contribution >= 0.6 is 27.3 Å². The Morgan fingerprint density at radius 2 is 1.83 bits per heavy atom. The quantitative estimate of drug-likeness (QED) is 0.412. The van der Waals surface area contributed by atoms with Crippen molar-refractivity contribution in [1.29, 1.82) is 0 Å². The van der Waals surface area contributed by atoms with Gasteiger partial charge in [-0.1, -0.05) is 39.4 Å². The molecule has 4 aromatic rings. The molecule has 0 saturated carbocycles. The number of hydrogen-bond donors (Lipinski definition) is 0. The van der Waals surface area contributed by atoms with E-state index in [4.69, 9.17) is 4.98 Å². The Hall–Kier alpha value is -2.42. The predicted octanol–water partition coefficient (Wildman–Crippen LogP) is 4.60. The Labute approximate surface area is 181 Å². The first kappa shape index (κ1) is 19.9. The summed E-state index contributed by atoms with van der Waals surface area (Å²) in [6, 6.07) is 13.5. The highest BCUT2D eigenvalue weighted by molar-refractivity contribution is 9.10. The summed E-state index contributed by atoms with van der Waals surface area (Å²) < 4.78 is 2.02. The van der Waals surface area contributed by atoms with Crippen molar-refractivity contribution >= 4 is 59.6 Å². The van der Waals surface area contributed by atoms with Crippen LogP contribution in [0, 0.1) is 0 Å². The van der Waals surface area contributed by atoms with Gasteiger partial charge in [0.1, 0.15) is 5.69 Å². The molecule has 148 valence electrons. The first-order chi connectivity index (χ1) is 14.0. The van der Waals surface area contributed by atoms with Crippen LogP contribution in [0.4, 0.5) is 5.13 Å². The summed E-state index contributed by atoms with van der Waals surface area (Å²) in [5.74, 6) is -0.180. The zero-order valence-corrected chi connectivity index (χ0v) is 18.6. The predicted molar refractivity (Wildman–Crippen MR) is 122 cm³/mol. The molecule has 0 aliphatic rings. The van der Waals surface area contributed by atoms with Crippen LogP contribution in [-0.4, -0.2) is 52.9 Å². The maximum Gasteiger partial charge on any atom is 0.280 e. The molecule has 0 bridgehead atoms. The number of halogens is 1. The molecule has 8 heteroatoms. The minimum absolute atomic E-state index is 0.180. The number of hydrogen-bond acceptors (Lipinski definition) is 6. The molecule has 2 heterocycles. The van der Waals surface area contributed by atoms with Crippen LogP contribution in [0.5, 0.6) is 0 Å². The van der Waals surface area contributed by atoms with E-state index in [1.807, 2.05) is 56.6 Å². The minimum Gasteiger partial charge on any atom is -0.309 e. The molecule has 2 aromatic heterocycles. The summed E-state index contributed by atoms with van der Waals surface area (Å²) in [6.45, 7) is 1.44. The van der Waals surface area contributed by atoms with Crippen molar-refractivity contribution in [1.82, 2.24) is 19.9 Å². The summed E-state index contributed by atoms with van der Waals surface area (Å²) in [4.78, 5) is 30.8. The van der Waals surface area contributed by atoms with Crippen molar-refractivity contribution in [2.45, 2.75) is 6.42 Å². The Morgan fingerprint density at radius 1 is 1.03 bits per heavy atom. The third kappa shape index (κ3) is 4.44. The highest BCUT2D eigenvalue weighted by atomic mass is 79.9. The Morgan fingerprint density at radius 3 is 2.62 bits per heavy atom. The van der Waals surface area contributed by atoms with E-state index in [0.717, 1.165) is 33.2 Å². The number of thiazole rings is 1. The molecule has 4 rings (SSSR count). The maximum absolute atomic E-state index is 13.4. The second kappa shape index (κ2) is 8.52. The molecule has 0 saturated heterocycles. The molecule has 0 atom stereocenters. The van der Waals surface area contributed by atoms with E-state index in [9.17, 15) is 4.79 Å². The highest BCUT2D eigenvalue weighted by Crippen LogP contribution is 2.31. The fourth-order valence-electron chi connectivity index (χ4n) is 3.03. The van der Waals surface area contributed by atoms with Crippen molar-refractivity contribution in [2.75, 3.05) is 32.1 Å². The van der Waals surface area contributed by atoms with E-state index < -0.39 is 0 Å². The fourth-order valence-corrected chi connectivity index (χ4v) is 4.57. The summed E-state index contributed by atoms with van der Waals surface area (Å²) in [5.41, 5.74) is 2.69. The molecule has 0 unspecified atom stereocenters. The second-order valence-corrected chi connectivity index (χ2v) is 8.89. The first-order valence-corrected chi connectivity index (χ1v) is 10.9. The van der Waals surface area contributed by atoms with E-state index >= 15 is 0 Å². The molecular weight excluding hydrogens is 450 g/mol. The van der Waals surface area contributed by atoms with Crippen LogP contribution in [0.25, 0.3) is 21.3 Å². The number of benzene rings is 2. The molecular formula is C21H20BrN5OS. The van der Waals surface area contributed by atoms with Crippen LogP contribution in [0.15, 0.2) is 53.1 Å². The fraction of sp³-hybridized carbons (Fsp3) is 0.238. The normalized spacial score (nSPS) is 11.4. The molecule has 1 amide bonds. The van der Waals surface area contributed by atoms with Crippen LogP contribution in [0.3, 0.4) is 0 Å². The van der Waals surface area contributed by atoms with Crippen molar-refractivity contribution in [3.05, 3.63) is 58.8 Å². The van der Waals surface area contributed by atoms with E-state index in [2.05, 4.69) is 30.8 Å².